The number of thioether (sulfide) groups is 1. The lowest BCUT2D eigenvalue weighted by atomic mass is 10.1. The van der Waals surface area contributed by atoms with E-state index in [-0.39, 0.29) is 24.8 Å². The summed E-state index contributed by atoms with van der Waals surface area (Å²) < 4.78 is 5.44. The van der Waals surface area contributed by atoms with E-state index in [0.717, 1.165) is 30.3 Å². The number of hydrazine groups is 1. The summed E-state index contributed by atoms with van der Waals surface area (Å²) in [6, 6.07) is 5.88. The Morgan fingerprint density at radius 3 is 2.39 bits per heavy atom. The maximum absolute atomic E-state index is 11.9. The molecule has 0 heterocycles. The van der Waals surface area contributed by atoms with Crippen molar-refractivity contribution in [3.05, 3.63) is 24.3 Å². The van der Waals surface area contributed by atoms with Crippen LogP contribution in [0.25, 0.3) is 0 Å². The van der Waals surface area contributed by atoms with Gasteiger partial charge in [-0.1, -0.05) is 52.4 Å². The van der Waals surface area contributed by atoms with Crippen LogP contribution in [0.2, 0.25) is 0 Å². The van der Waals surface area contributed by atoms with Crippen molar-refractivity contribution in [2.45, 2.75) is 89.7 Å². The topological polar surface area (TPSA) is 99.7 Å². The third kappa shape index (κ3) is 16.2. The van der Waals surface area contributed by atoms with Crippen molar-refractivity contribution < 1.29 is 19.4 Å². The highest BCUT2D eigenvalue weighted by Gasteiger charge is 2.09. The second-order valence-electron chi connectivity index (χ2n) is 8.21. The number of phenols is 1. The molecular weight excluding hydrogens is 438 g/mol. The van der Waals surface area contributed by atoms with Crippen molar-refractivity contribution in [2.24, 2.45) is 0 Å². The van der Waals surface area contributed by atoms with Crippen LogP contribution >= 0.6 is 11.8 Å². The van der Waals surface area contributed by atoms with Gasteiger partial charge in [-0.3, -0.25) is 10.2 Å². The monoisotopic (exact) mass is 481 g/mol. The Balaban J connectivity index is 2.01. The fourth-order valence-corrected chi connectivity index (χ4v) is 4.66. The molecular formula is C25H43N3O4S. The van der Waals surface area contributed by atoms with Crippen LogP contribution in [-0.4, -0.2) is 41.2 Å². The minimum absolute atomic E-state index is 0.170. The molecule has 8 heteroatoms. The number of unbranched alkanes of at least 4 members (excludes halogenated alkanes) is 5. The Kier molecular flexibility index (Phi) is 17.0. The highest BCUT2D eigenvalue weighted by molar-refractivity contribution is 7.99. The zero-order valence-electron chi connectivity index (χ0n) is 20.4. The average molecular weight is 482 g/mol. The lowest BCUT2D eigenvalue weighted by Gasteiger charge is -2.16. The quantitative estimate of drug-likeness (QED) is 0.163. The number of rotatable bonds is 18. The average Bonchev–Trinajstić information content (AvgIpc) is 2.81. The summed E-state index contributed by atoms with van der Waals surface area (Å²) in [6.45, 7) is 5.08. The lowest BCUT2D eigenvalue weighted by Crippen LogP contribution is -2.47. The second-order valence-corrected chi connectivity index (χ2v) is 9.62. The predicted octanol–water partition coefficient (Wildman–Crippen LogP) is 5.53. The number of nitrogens with one attached hydrogen (secondary N) is 3. The number of ether oxygens (including phenoxy) is 1. The van der Waals surface area contributed by atoms with Crippen LogP contribution in [0.15, 0.2) is 24.3 Å². The Bertz CT molecular complexity index is 643. The van der Waals surface area contributed by atoms with Gasteiger partial charge in [0.05, 0.1) is 6.54 Å². The number of carbonyl (C=O) groups is 2. The molecule has 1 aromatic carbocycles. The number of amides is 3. The highest BCUT2D eigenvalue weighted by atomic mass is 32.2. The predicted molar refractivity (Wildman–Crippen MR) is 137 cm³/mol. The fraction of sp³-hybridized carbons (Fsp3) is 0.680. The summed E-state index contributed by atoms with van der Waals surface area (Å²) in [5.41, 5.74) is 4.79. The first kappa shape index (κ1) is 28.9. The Morgan fingerprint density at radius 2 is 1.67 bits per heavy atom. The molecule has 3 amide bonds. The molecule has 0 saturated carbocycles. The summed E-state index contributed by atoms with van der Waals surface area (Å²) in [6.07, 6.45) is 12.6. The zero-order chi connectivity index (χ0) is 24.2. The summed E-state index contributed by atoms with van der Waals surface area (Å²) >= 11 is 2.11. The van der Waals surface area contributed by atoms with E-state index >= 15 is 0 Å². The standard InChI is InChI=1S/C25H43N3O4S/c1-3-5-8-12-23(11-6-4-2)33-20-10-7-9-13-24(30)27-28-25(31)26-18-19-32-22-16-14-21(29)15-17-22/h14-17,23,29H,3-13,18-20H2,1-2H3,(H,27,30)(H2,26,28,31). The number of benzene rings is 1. The van der Waals surface area contributed by atoms with Gasteiger partial charge in [0.15, 0.2) is 0 Å². The summed E-state index contributed by atoms with van der Waals surface area (Å²) in [5.74, 6) is 1.76. The zero-order valence-corrected chi connectivity index (χ0v) is 21.2. The van der Waals surface area contributed by atoms with E-state index in [4.69, 9.17) is 4.74 Å². The number of carbonyl (C=O) groups excluding carboxylic acids is 2. The van der Waals surface area contributed by atoms with E-state index in [1.807, 2.05) is 0 Å². The molecule has 0 spiro atoms. The first-order valence-electron chi connectivity index (χ1n) is 12.4. The molecule has 0 fully saturated rings. The molecule has 0 aliphatic carbocycles. The van der Waals surface area contributed by atoms with Gasteiger partial charge in [-0.05, 0) is 55.7 Å². The number of aromatic hydroxyl groups is 1. The molecule has 1 aromatic rings. The number of urea groups is 1. The summed E-state index contributed by atoms with van der Waals surface area (Å²) in [4.78, 5) is 23.6. The minimum atomic E-state index is -0.477. The van der Waals surface area contributed by atoms with Gasteiger partial charge in [0.25, 0.3) is 0 Å². The SMILES string of the molecule is CCCCCC(CCCC)SCCCCCC(=O)NNC(=O)NCCOc1ccc(O)cc1. The van der Waals surface area contributed by atoms with E-state index in [1.165, 1.54) is 57.1 Å². The van der Waals surface area contributed by atoms with Crippen LogP contribution in [0, 0.1) is 0 Å². The summed E-state index contributed by atoms with van der Waals surface area (Å²) in [7, 11) is 0. The first-order chi connectivity index (χ1) is 16.0. The van der Waals surface area contributed by atoms with Gasteiger partial charge in [0, 0.05) is 11.7 Å². The van der Waals surface area contributed by atoms with Crippen LogP contribution in [0.4, 0.5) is 4.79 Å². The van der Waals surface area contributed by atoms with Crippen molar-refractivity contribution in [3.8, 4) is 11.5 Å². The highest BCUT2D eigenvalue weighted by Crippen LogP contribution is 2.24. The third-order valence-corrected chi connectivity index (χ3v) is 6.69. The van der Waals surface area contributed by atoms with Gasteiger partial charge in [-0.2, -0.15) is 11.8 Å². The van der Waals surface area contributed by atoms with Crippen molar-refractivity contribution in [1.29, 1.82) is 0 Å². The smallest absolute Gasteiger partial charge is 0.333 e. The maximum atomic E-state index is 11.9. The molecule has 33 heavy (non-hydrogen) atoms. The second kappa shape index (κ2) is 19.4. The van der Waals surface area contributed by atoms with Gasteiger partial charge >= 0.3 is 6.03 Å². The number of hydrogen-bond donors (Lipinski definition) is 4. The van der Waals surface area contributed by atoms with Crippen LogP contribution in [0.1, 0.15) is 84.5 Å². The first-order valence-corrected chi connectivity index (χ1v) is 13.5. The Morgan fingerprint density at radius 1 is 0.939 bits per heavy atom. The van der Waals surface area contributed by atoms with Gasteiger partial charge in [0.2, 0.25) is 5.91 Å². The minimum Gasteiger partial charge on any atom is -0.508 e. The van der Waals surface area contributed by atoms with Crippen molar-refractivity contribution in [2.75, 3.05) is 18.9 Å². The van der Waals surface area contributed by atoms with Crippen molar-refractivity contribution in [3.63, 3.8) is 0 Å². The van der Waals surface area contributed by atoms with E-state index in [1.54, 1.807) is 12.1 Å². The molecule has 0 bridgehead atoms. The molecule has 0 saturated heterocycles. The summed E-state index contributed by atoms with van der Waals surface area (Å²) in [5, 5.41) is 12.6. The fourth-order valence-electron chi connectivity index (χ4n) is 3.29. The number of hydrogen-bond acceptors (Lipinski definition) is 5. The number of phenolic OH excluding ortho intramolecular Hbond substituents is 1. The molecule has 0 aliphatic rings. The van der Waals surface area contributed by atoms with Crippen LogP contribution in [0.5, 0.6) is 11.5 Å². The van der Waals surface area contributed by atoms with Gasteiger partial charge in [-0.15, -0.1) is 0 Å². The van der Waals surface area contributed by atoms with Crippen LogP contribution in [0.3, 0.4) is 0 Å². The molecule has 4 N–H and O–H groups in total. The van der Waals surface area contributed by atoms with Gasteiger partial charge in [0.1, 0.15) is 18.1 Å². The molecule has 1 unspecified atom stereocenters. The molecule has 1 rings (SSSR count). The molecule has 0 aliphatic heterocycles. The molecule has 1 atom stereocenters. The van der Waals surface area contributed by atoms with E-state index in [9.17, 15) is 14.7 Å². The normalized spacial score (nSPS) is 11.6. The van der Waals surface area contributed by atoms with Crippen molar-refractivity contribution >= 4 is 23.7 Å². The molecule has 0 radical (unpaired) electrons. The van der Waals surface area contributed by atoms with Gasteiger partial charge in [-0.25, -0.2) is 10.2 Å². The maximum Gasteiger partial charge on any atom is 0.333 e. The largest absolute Gasteiger partial charge is 0.508 e. The van der Waals surface area contributed by atoms with E-state index in [0.29, 0.717) is 12.2 Å². The Labute approximate surface area is 203 Å². The lowest BCUT2D eigenvalue weighted by molar-refractivity contribution is -0.121. The molecule has 188 valence electrons. The van der Waals surface area contributed by atoms with E-state index in [2.05, 4.69) is 41.8 Å². The van der Waals surface area contributed by atoms with Gasteiger partial charge < -0.3 is 15.2 Å². The van der Waals surface area contributed by atoms with Crippen LogP contribution < -0.4 is 20.9 Å². The molecule has 7 nitrogen and oxygen atoms in total. The van der Waals surface area contributed by atoms with Crippen LogP contribution in [-0.2, 0) is 4.79 Å². The Hall–Kier alpha value is -2.09. The molecule has 0 aromatic heterocycles. The van der Waals surface area contributed by atoms with Crippen molar-refractivity contribution in [1.82, 2.24) is 16.2 Å². The third-order valence-electron chi connectivity index (χ3n) is 5.22. The van der Waals surface area contributed by atoms with E-state index < -0.39 is 6.03 Å².